The molecule has 0 aromatic heterocycles. The van der Waals surface area contributed by atoms with Gasteiger partial charge in [0.2, 0.25) is 0 Å². The van der Waals surface area contributed by atoms with Crippen LogP contribution >= 0.6 is 0 Å². The van der Waals surface area contributed by atoms with Crippen molar-refractivity contribution in [3.05, 3.63) is 0 Å². The van der Waals surface area contributed by atoms with Crippen LogP contribution in [0.3, 0.4) is 0 Å². The highest BCUT2D eigenvalue weighted by molar-refractivity contribution is 5.07. The van der Waals surface area contributed by atoms with E-state index in [0.717, 1.165) is 18.8 Å². The number of nitrogens with two attached hydrogens (primary N) is 1. The van der Waals surface area contributed by atoms with Crippen molar-refractivity contribution in [3.8, 4) is 0 Å². The van der Waals surface area contributed by atoms with Crippen molar-refractivity contribution >= 4 is 0 Å². The topological polar surface area (TPSA) is 46.2 Å². The van der Waals surface area contributed by atoms with E-state index in [1.807, 2.05) is 0 Å². The third kappa shape index (κ3) is 1.82. The van der Waals surface area contributed by atoms with Gasteiger partial charge in [0, 0.05) is 5.54 Å². The van der Waals surface area contributed by atoms with Gasteiger partial charge in [-0.2, -0.15) is 0 Å². The van der Waals surface area contributed by atoms with Gasteiger partial charge in [-0.25, -0.2) is 0 Å². The fraction of sp³-hybridized carbons (Fsp3) is 1.00. The summed E-state index contributed by atoms with van der Waals surface area (Å²) in [5.74, 6) is 1.21. The van der Waals surface area contributed by atoms with Gasteiger partial charge in [0.05, 0.1) is 6.10 Å². The van der Waals surface area contributed by atoms with Gasteiger partial charge in [0.15, 0.2) is 0 Å². The first-order chi connectivity index (χ1) is 6.67. The van der Waals surface area contributed by atoms with Crippen LogP contribution in [-0.2, 0) is 0 Å². The van der Waals surface area contributed by atoms with Crippen molar-refractivity contribution in [2.24, 2.45) is 17.6 Å². The van der Waals surface area contributed by atoms with Crippen LogP contribution in [-0.4, -0.2) is 16.7 Å². The van der Waals surface area contributed by atoms with Gasteiger partial charge in [-0.3, -0.25) is 0 Å². The number of hydrogen-bond acceptors (Lipinski definition) is 2. The predicted molar refractivity (Wildman–Crippen MR) is 57.9 cm³/mol. The van der Waals surface area contributed by atoms with Crippen LogP contribution < -0.4 is 5.73 Å². The minimum absolute atomic E-state index is 0.199. The fourth-order valence-corrected chi connectivity index (χ4v) is 3.03. The summed E-state index contributed by atoms with van der Waals surface area (Å²) in [5, 5.41) is 10.2. The Balaban J connectivity index is 1.99. The van der Waals surface area contributed by atoms with E-state index in [1.165, 1.54) is 32.1 Å². The van der Waals surface area contributed by atoms with Crippen LogP contribution in [0.4, 0.5) is 0 Å². The fourth-order valence-electron chi connectivity index (χ4n) is 3.03. The largest absolute Gasteiger partial charge is 0.391 e. The molecule has 2 saturated carbocycles. The van der Waals surface area contributed by atoms with Crippen molar-refractivity contribution < 1.29 is 5.11 Å². The molecule has 0 aromatic rings. The van der Waals surface area contributed by atoms with Crippen LogP contribution in [0.25, 0.3) is 0 Å². The summed E-state index contributed by atoms with van der Waals surface area (Å²) in [6.07, 6.45) is 8.16. The van der Waals surface area contributed by atoms with E-state index < -0.39 is 0 Å². The van der Waals surface area contributed by atoms with Crippen LogP contribution in [0.15, 0.2) is 0 Å². The number of hydrogen-bond donors (Lipinski definition) is 2. The second-order valence-corrected chi connectivity index (χ2v) is 5.29. The zero-order valence-corrected chi connectivity index (χ0v) is 9.21. The molecular formula is C12H23NO. The van der Waals surface area contributed by atoms with E-state index in [2.05, 4.69) is 6.92 Å². The summed E-state index contributed by atoms with van der Waals surface area (Å²) < 4.78 is 0. The first-order valence-corrected chi connectivity index (χ1v) is 6.14. The zero-order valence-electron chi connectivity index (χ0n) is 9.21. The summed E-state index contributed by atoms with van der Waals surface area (Å²) >= 11 is 0. The Morgan fingerprint density at radius 3 is 2.57 bits per heavy atom. The molecule has 0 spiro atoms. The van der Waals surface area contributed by atoms with Gasteiger partial charge in [0.1, 0.15) is 0 Å². The molecule has 0 heterocycles. The van der Waals surface area contributed by atoms with E-state index in [1.54, 1.807) is 0 Å². The van der Waals surface area contributed by atoms with Crippen LogP contribution in [0.5, 0.6) is 0 Å². The molecule has 3 N–H and O–H groups in total. The molecule has 2 nitrogen and oxygen atoms in total. The smallest absolute Gasteiger partial charge is 0.0750 e. The van der Waals surface area contributed by atoms with E-state index in [4.69, 9.17) is 5.73 Å². The Hall–Kier alpha value is -0.0800. The van der Waals surface area contributed by atoms with Gasteiger partial charge in [-0.05, 0) is 31.1 Å². The first-order valence-electron chi connectivity index (χ1n) is 6.14. The van der Waals surface area contributed by atoms with Gasteiger partial charge < -0.3 is 10.8 Å². The summed E-state index contributed by atoms with van der Waals surface area (Å²) in [5.41, 5.74) is 5.89. The van der Waals surface area contributed by atoms with E-state index >= 15 is 0 Å². The Kier molecular flexibility index (Phi) is 2.85. The SMILES string of the molecule is CCC1CCCCC1C(O)C1(N)CC1. The zero-order chi connectivity index (χ0) is 10.2. The Morgan fingerprint density at radius 2 is 2.00 bits per heavy atom. The van der Waals surface area contributed by atoms with Crippen molar-refractivity contribution in [3.63, 3.8) is 0 Å². The highest BCUT2D eigenvalue weighted by Gasteiger charge is 2.49. The molecule has 0 saturated heterocycles. The molecule has 0 radical (unpaired) electrons. The predicted octanol–water partition coefficient (Wildman–Crippen LogP) is 2.05. The Bertz CT molecular complexity index is 200. The molecule has 3 atom stereocenters. The van der Waals surface area contributed by atoms with E-state index in [0.29, 0.717) is 5.92 Å². The second-order valence-electron chi connectivity index (χ2n) is 5.29. The molecule has 0 aliphatic heterocycles. The average Bonchev–Trinajstić information content (AvgIpc) is 2.97. The number of rotatable bonds is 3. The number of aliphatic hydroxyl groups is 1. The monoisotopic (exact) mass is 197 g/mol. The minimum atomic E-state index is -0.229. The lowest BCUT2D eigenvalue weighted by atomic mass is 9.73. The molecule has 82 valence electrons. The minimum Gasteiger partial charge on any atom is -0.391 e. The van der Waals surface area contributed by atoms with Crippen molar-refractivity contribution in [1.82, 2.24) is 0 Å². The second kappa shape index (κ2) is 3.82. The molecule has 14 heavy (non-hydrogen) atoms. The third-order valence-corrected chi connectivity index (χ3v) is 4.31. The van der Waals surface area contributed by atoms with Gasteiger partial charge >= 0.3 is 0 Å². The Labute approximate surface area is 86.9 Å². The molecule has 3 unspecified atom stereocenters. The maximum atomic E-state index is 10.2. The molecule has 0 bridgehead atoms. The summed E-state index contributed by atoms with van der Waals surface area (Å²) in [6, 6.07) is 0. The average molecular weight is 197 g/mol. The highest BCUT2D eigenvalue weighted by Crippen LogP contribution is 2.44. The summed E-state index contributed by atoms with van der Waals surface area (Å²) in [7, 11) is 0. The quantitative estimate of drug-likeness (QED) is 0.727. The van der Waals surface area contributed by atoms with Crippen LogP contribution in [0.1, 0.15) is 51.9 Å². The summed E-state index contributed by atoms with van der Waals surface area (Å²) in [6.45, 7) is 2.24. The number of aliphatic hydroxyl groups excluding tert-OH is 1. The molecule has 2 rings (SSSR count). The lowest BCUT2D eigenvalue weighted by molar-refractivity contribution is 0.0205. The maximum Gasteiger partial charge on any atom is 0.0750 e. The highest BCUT2D eigenvalue weighted by atomic mass is 16.3. The molecule has 2 aliphatic carbocycles. The lowest BCUT2D eigenvalue weighted by Crippen LogP contribution is -2.45. The van der Waals surface area contributed by atoms with Crippen molar-refractivity contribution in [2.75, 3.05) is 0 Å². The molecular weight excluding hydrogens is 174 g/mol. The van der Waals surface area contributed by atoms with Gasteiger partial charge in [-0.1, -0.05) is 32.6 Å². The molecule has 0 aromatic carbocycles. The molecule has 0 amide bonds. The normalized spacial score (nSPS) is 37.9. The molecule has 2 heteroatoms. The van der Waals surface area contributed by atoms with E-state index in [-0.39, 0.29) is 11.6 Å². The van der Waals surface area contributed by atoms with E-state index in [9.17, 15) is 5.11 Å². The lowest BCUT2D eigenvalue weighted by Gasteiger charge is -2.37. The molecule has 2 aliphatic rings. The Morgan fingerprint density at radius 1 is 1.36 bits per heavy atom. The standard InChI is InChI=1S/C12H23NO/c1-2-9-5-3-4-6-10(9)11(14)12(13)7-8-12/h9-11,14H,2-8,13H2,1H3. The first kappa shape index (κ1) is 10.4. The van der Waals surface area contributed by atoms with Crippen LogP contribution in [0, 0.1) is 11.8 Å². The van der Waals surface area contributed by atoms with Crippen molar-refractivity contribution in [1.29, 1.82) is 0 Å². The van der Waals surface area contributed by atoms with Gasteiger partial charge in [0.25, 0.3) is 0 Å². The van der Waals surface area contributed by atoms with Gasteiger partial charge in [-0.15, -0.1) is 0 Å². The molecule has 2 fully saturated rings. The summed E-state index contributed by atoms with van der Waals surface area (Å²) in [4.78, 5) is 0. The van der Waals surface area contributed by atoms with Crippen LogP contribution in [0.2, 0.25) is 0 Å². The maximum absolute atomic E-state index is 10.2. The third-order valence-electron chi connectivity index (χ3n) is 4.31. The van der Waals surface area contributed by atoms with Crippen molar-refractivity contribution in [2.45, 2.75) is 63.5 Å².